The zero-order chi connectivity index (χ0) is 51.4. The van der Waals surface area contributed by atoms with Crippen molar-refractivity contribution in [2.45, 2.75) is 0 Å². The summed E-state index contributed by atoms with van der Waals surface area (Å²) in [4.78, 5) is 25.2. The largest absolute Gasteiger partial charge is 0.305 e. The highest BCUT2D eigenvalue weighted by Gasteiger charge is 2.36. The number of nitriles is 1. The van der Waals surface area contributed by atoms with Crippen LogP contribution in [-0.4, -0.2) is 43.2 Å². The first-order valence-electron chi connectivity index (χ1n) is 25.9. The summed E-state index contributed by atoms with van der Waals surface area (Å²) in [6.07, 6.45) is 15.2. The second-order valence-electron chi connectivity index (χ2n) is 19.6. The molecule has 0 atom stereocenters. The number of pyridine rings is 5. The first kappa shape index (κ1) is 43.4. The van der Waals surface area contributed by atoms with Gasteiger partial charge in [0.05, 0.1) is 109 Å². The van der Waals surface area contributed by atoms with Crippen LogP contribution in [0.3, 0.4) is 0 Å². The van der Waals surface area contributed by atoms with Crippen molar-refractivity contribution in [3.63, 3.8) is 0 Å². The average Bonchev–Trinajstić information content (AvgIpc) is 4.38. The van der Waals surface area contributed by atoms with Gasteiger partial charge in [-0.05, 0) is 60.7 Å². The Hall–Kier alpha value is -11.0. The molecule has 0 spiro atoms. The van der Waals surface area contributed by atoms with Crippen LogP contribution in [0.25, 0.3) is 144 Å². The third-order valence-electron chi connectivity index (χ3n) is 15.6. The van der Waals surface area contributed by atoms with E-state index in [1.165, 1.54) is 0 Å². The van der Waals surface area contributed by atoms with Gasteiger partial charge in [-0.15, -0.1) is 0 Å². The Morgan fingerprint density at radius 2 is 0.654 bits per heavy atom. The molecule has 0 saturated carbocycles. The van der Waals surface area contributed by atoms with E-state index >= 15 is 0 Å². The first-order valence-corrected chi connectivity index (χ1v) is 25.9. The monoisotopic (exact) mass is 996 g/mol. The Morgan fingerprint density at radius 3 is 1.08 bits per heavy atom. The second-order valence-corrected chi connectivity index (χ2v) is 19.6. The topological polar surface area (TPSA) is 108 Å². The Kier molecular flexibility index (Phi) is 9.46. The molecule has 0 fully saturated rings. The summed E-state index contributed by atoms with van der Waals surface area (Å²) in [5, 5.41) is 21.1. The third kappa shape index (κ3) is 6.15. The van der Waals surface area contributed by atoms with Crippen LogP contribution in [-0.2, 0) is 0 Å². The molecule has 0 bridgehead atoms. The van der Waals surface area contributed by atoms with Gasteiger partial charge in [0, 0.05) is 90.1 Å². The summed E-state index contributed by atoms with van der Waals surface area (Å²) in [6, 6.07) is 70.3. The zero-order valence-corrected chi connectivity index (χ0v) is 41.6. The quantitative estimate of drug-likeness (QED) is 0.157. The van der Waals surface area contributed by atoms with Crippen LogP contribution < -0.4 is 0 Å². The van der Waals surface area contributed by atoms with Crippen molar-refractivity contribution < 1.29 is 0 Å². The molecule has 0 aliphatic heterocycles. The van der Waals surface area contributed by atoms with E-state index in [0.717, 1.165) is 127 Å². The number of aromatic nitrogens is 9. The Balaban J connectivity index is 1.27. The molecule has 362 valence electrons. The molecule has 9 aromatic heterocycles. The summed E-state index contributed by atoms with van der Waals surface area (Å²) >= 11 is 0. The van der Waals surface area contributed by atoms with Gasteiger partial charge in [-0.2, -0.15) is 5.26 Å². The van der Waals surface area contributed by atoms with Crippen LogP contribution >= 0.6 is 0 Å². The molecule has 0 radical (unpaired) electrons. The van der Waals surface area contributed by atoms with Crippen molar-refractivity contribution in [1.29, 1.82) is 5.26 Å². The number of hydrogen-bond acceptors (Lipinski definition) is 6. The number of hydrogen-bond donors (Lipinski definition) is 0. The fraction of sp³-hybridized carbons (Fsp3) is 0. The van der Waals surface area contributed by atoms with Gasteiger partial charge in [0.15, 0.2) is 0 Å². The van der Waals surface area contributed by atoms with Crippen LogP contribution in [0.5, 0.6) is 0 Å². The van der Waals surface area contributed by atoms with Gasteiger partial charge in [-0.1, -0.05) is 133 Å². The molecule has 0 amide bonds. The molecular weight excluding hydrogens is 957 g/mol. The van der Waals surface area contributed by atoms with E-state index in [1.807, 2.05) is 86.0 Å². The number of rotatable bonds is 7. The Morgan fingerprint density at radius 1 is 0.308 bits per heavy atom. The number of nitrogens with zero attached hydrogens (tertiary/aromatic N) is 10. The molecule has 7 aromatic carbocycles. The van der Waals surface area contributed by atoms with Crippen LogP contribution in [0.15, 0.2) is 244 Å². The van der Waals surface area contributed by atoms with Gasteiger partial charge in [-0.3, -0.25) is 19.9 Å². The molecule has 0 aliphatic rings. The van der Waals surface area contributed by atoms with E-state index in [0.29, 0.717) is 22.5 Å². The van der Waals surface area contributed by atoms with Crippen molar-refractivity contribution >= 4 is 87.2 Å². The van der Waals surface area contributed by atoms with Crippen molar-refractivity contribution in [2.24, 2.45) is 0 Å². The summed E-state index contributed by atoms with van der Waals surface area (Å²) in [5.74, 6) is 0. The molecule has 10 nitrogen and oxygen atoms in total. The van der Waals surface area contributed by atoms with Gasteiger partial charge in [0.2, 0.25) is 0 Å². The Labute approximate surface area is 445 Å². The van der Waals surface area contributed by atoms with Gasteiger partial charge in [-0.25, -0.2) is 4.98 Å². The highest BCUT2D eigenvalue weighted by Crippen LogP contribution is 2.53. The summed E-state index contributed by atoms with van der Waals surface area (Å²) in [5.41, 5.74) is 15.4. The molecule has 78 heavy (non-hydrogen) atoms. The lowest BCUT2D eigenvalue weighted by molar-refractivity contribution is 1.01. The second kappa shape index (κ2) is 17.0. The maximum atomic E-state index is 12.9. The lowest BCUT2D eigenvalue weighted by atomic mass is 9.89. The molecule has 0 N–H and O–H groups in total. The van der Waals surface area contributed by atoms with Crippen LogP contribution in [0.4, 0.5) is 0 Å². The predicted molar refractivity (Wildman–Crippen MR) is 314 cm³/mol. The minimum absolute atomic E-state index is 0.422. The van der Waals surface area contributed by atoms with Gasteiger partial charge < -0.3 is 18.3 Å². The minimum atomic E-state index is 0.422. The SMILES string of the molecule is N#Cc1c(-c2ccc(-c3ccccc3)nc2-c2ccccc2)c(-n2c3ccccc3c3ccncc32)c(-n2c3ccccc3c3ccncc32)c(-n2c3ccccc3c3ccncc32)c1-n1c2ccccc2c2ccncc21. The van der Waals surface area contributed by atoms with E-state index in [-0.39, 0.29) is 0 Å². The zero-order valence-electron chi connectivity index (χ0n) is 41.6. The molecule has 16 aromatic rings. The fourth-order valence-electron chi connectivity index (χ4n) is 12.4. The number of fused-ring (bicyclic) bond motifs is 12. The van der Waals surface area contributed by atoms with Crippen molar-refractivity contribution in [3.8, 4) is 62.5 Å². The predicted octanol–water partition coefficient (Wildman–Crippen LogP) is 15.9. The average molecular weight is 997 g/mol. The van der Waals surface area contributed by atoms with E-state index < -0.39 is 0 Å². The van der Waals surface area contributed by atoms with Crippen LogP contribution in [0.1, 0.15) is 5.56 Å². The third-order valence-corrected chi connectivity index (χ3v) is 15.6. The molecule has 0 aliphatic carbocycles. The molecule has 0 saturated heterocycles. The van der Waals surface area contributed by atoms with Gasteiger partial charge >= 0.3 is 0 Å². The van der Waals surface area contributed by atoms with Crippen molar-refractivity contribution in [2.75, 3.05) is 0 Å². The van der Waals surface area contributed by atoms with Gasteiger partial charge in [0.1, 0.15) is 6.07 Å². The summed E-state index contributed by atoms with van der Waals surface area (Å²) < 4.78 is 9.33. The van der Waals surface area contributed by atoms with Crippen LogP contribution in [0, 0.1) is 11.3 Å². The van der Waals surface area contributed by atoms with Crippen molar-refractivity contribution in [1.82, 2.24) is 43.2 Å². The molecule has 16 rings (SSSR count). The van der Waals surface area contributed by atoms with E-state index in [9.17, 15) is 5.26 Å². The lowest BCUT2D eigenvalue weighted by Crippen LogP contribution is -2.17. The van der Waals surface area contributed by atoms with Gasteiger partial charge in [0.25, 0.3) is 0 Å². The van der Waals surface area contributed by atoms with Crippen LogP contribution in [0.2, 0.25) is 0 Å². The highest BCUT2D eigenvalue weighted by molar-refractivity contribution is 6.17. The summed E-state index contributed by atoms with van der Waals surface area (Å²) in [6.45, 7) is 0. The molecule has 0 unspecified atom stereocenters. The maximum Gasteiger partial charge on any atom is 0.102 e. The highest BCUT2D eigenvalue weighted by atomic mass is 15.1. The first-order chi connectivity index (χ1) is 38.7. The molecule has 10 heteroatoms. The number of para-hydroxylation sites is 4. The maximum absolute atomic E-state index is 12.9. The normalized spacial score (nSPS) is 11.8. The smallest absolute Gasteiger partial charge is 0.102 e. The minimum Gasteiger partial charge on any atom is -0.305 e. The van der Waals surface area contributed by atoms with Crippen molar-refractivity contribution in [3.05, 3.63) is 249 Å². The summed E-state index contributed by atoms with van der Waals surface area (Å²) in [7, 11) is 0. The van der Waals surface area contributed by atoms with E-state index in [1.54, 1.807) is 0 Å². The molecular formula is C68H40N10. The number of benzene rings is 7. The lowest BCUT2D eigenvalue weighted by Gasteiger charge is -2.29. The Bertz CT molecular complexity index is 4960. The molecule has 9 heterocycles. The van der Waals surface area contributed by atoms with E-state index in [4.69, 9.17) is 24.9 Å². The standard InChI is InChI=1S/C68H40N10/c69-37-53-63(52-27-28-54(42-15-3-1-4-16-42)74-64(52)43-17-5-2-6-18-43)66(76-56-24-12-8-20-45(56)49-30-34-71-39-60(49)76)68(78-58-26-14-10-22-47(58)51-32-36-73-41-62(51)78)67(77-57-25-13-9-21-46(57)50-31-35-72-40-61(50)77)65(53)75-55-23-11-7-19-44(55)48-29-33-70-38-59(48)75/h1-36,38-41H. The van der Waals surface area contributed by atoms with E-state index in [2.05, 4.69) is 182 Å². The fourth-order valence-corrected chi connectivity index (χ4v) is 12.4.